The van der Waals surface area contributed by atoms with Crippen molar-refractivity contribution in [3.8, 4) is 56.2 Å². The second-order valence-electron chi connectivity index (χ2n) is 26.3. The molecule has 24 nitrogen and oxygen atoms in total. The highest BCUT2D eigenvalue weighted by Crippen LogP contribution is 2.38. The van der Waals surface area contributed by atoms with Gasteiger partial charge >= 0.3 is 0 Å². The van der Waals surface area contributed by atoms with Crippen LogP contribution in [0.1, 0.15) is 79.1 Å². The Labute approximate surface area is 649 Å². The van der Waals surface area contributed by atoms with Crippen LogP contribution in [-0.2, 0) is 10.0 Å². The number of pyridine rings is 5. The summed E-state index contributed by atoms with van der Waals surface area (Å²) in [7, 11) is -2.32. The number of nitrogens with one attached hydrogen (secondary N) is 3. The molecule has 3 atom stereocenters. The SMILES string of the molecule is [C-]#[N+]c1cnc(C)nc1N[C@@H](C)c1cc2cccc(-c3cccc(S(N)(=O)=O)c3)c2c(=O)n1-c1ccccc1.[C-]#[N+]c1cnc(C)nc1N[C@@H](C)c1cc2cccc(-c3cnc(C)c(OC)c3)c2c(=O)n1-c1ccccc1.[C-]#[N+]c1cnc(C)nc1N[C@@H](C)c1cc2cccc(-c3cncc(F)c3)c2c(=O)n1-c1ccccc1. The number of benzene rings is 7. The van der Waals surface area contributed by atoms with Crippen LogP contribution < -0.4 is 42.5 Å². The Bertz CT molecular complexity index is 6650. The summed E-state index contributed by atoms with van der Waals surface area (Å²) < 4.78 is 48.5. The first kappa shape index (κ1) is 76.4. The first-order chi connectivity index (χ1) is 54.5. The molecule has 8 heterocycles. The smallest absolute Gasteiger partial charge is 0.263 e. The first-order valence-electron chi connectivity index (χ1n) is 35.4. The molecule has 558 valence electrons. The number of para-hydroxylation sites is 3. The largest absolute Gasteiger partial charge is 0.495 e. The van der Waals surface area contributed by atoms with Crippen LogP contribution in [0.2, 0.25) is 0 Å². The molecule has 0 amide bonds. The number of aromatic nitrogens is 11. The molecule has 0 saturated carbocycles. The summed E-state index contributed by atoms with van der Waals surface area (Å²) in [5.74, 6) is 3.00. The molecular weight excluding hydrogens is 1440 g/mol. The number of rotatable bonds is 17. The lowest BCUT2D eigenvalue weighted by Gasteiger charge is -2.22. The van der Waals surface area contributed by atoms with Crippen molar-refractivity contribution in [3.05, 3.63) is 349 Å². The van der Waals surface area contributed by atoms with E-state index < -0.39 is 27.9 Å². The maximum atomic E-state index is 14.3. The van der Waals surface area contributed by atoms with Gasteiger partial charge < -0.3 is 20.7 Å². The maximum absolute atomic E-state index is 14.3. The molecule has 0 saturated heterocycles. The van der Waals surface area contributed by atoms with Gasteiger partial charge in [0.2, 0.25) is 27.1 Å². The zero-order valence-corrected chi connectivity index (χ0v) is 63.1. The molecule has 8 aromatic heterocycles. The van der Waals surface area contributed by atoms with Gasteiger partial charge in [-0.1, -0.05) is 121 Å². The van der Waals surface area contributed by atoms with Crippen LogP contribution in [0.3, 0.4) is 0 Å². The fourth-order valence-corrected chi connectivity index (χ4v) is 14.0. The van der Waals surface area contributed by atoms with Gasteiger partial charge in [-0.25, -0.2) is 47.4 Å². The van der Waals surface area contributed by atoms with Crippen LogP contribution in [0, 0.1) is 53.2 Å². The number of anilines is 3. The highest BCUT2D eigenvalue weighted by Gasteiger charge is 2.26. The van der Waals surface area contributed by atoms with E-state index in [-0.39, 0.29) is 33.3 Å². The Balaban J connectivity index is 0.000000148. The molecule has 7 aromatic carbocycles. The second kappa shape index (κ2) is 33.0. The molecule has 0 aliphatic rings. The minimum absolute atomic E-state index is 0.0365. The van der Waals surface area contributed by atoms with Gasteiger partial charge in [0.1, 0.15) is 46.5 Å². The molecule has 26 heteroatoms. The molecule has 5 N–H and O–H groups in total. The van der Waals surface area contributed by atoms with Crippen molar-refractivity contribution in [1.29, 1.82) is 0 Å². The number of nitrogens with two attached hydrogens (primary N) is 1. The Morgan fingerprint density at radius 2 is 0.796 bits per heavy atom. The highest BCUT2D eigenvalue weighted by atomic mass is 32.2. The Kier molecular flexibility index (Phi) is 22.3. The van der Waals surface area contributed by atoms with Gasteiger partial charge in [0.15, 0.2) is 0 Å². The van der Waals surface area contributed by atoms with Gasteiger partial charge in [-0.15, -0.1) is 0 Å². The van der Waals surface area contributed by atoms with Crippen molar-refractivity contribution in [1.82, 2.24) is 53.6 Å². The summed E-state index contributed by atoms with van der Waals surface area (Å²) in [5, 5.41) is 18.9. The first-order valence-corrected chi connectivity index (χ1v) is 37.0. The van der Waals surface area contributed by atoms with E-state index in [0.717, 1.165) is 39.8 Å². The standard InChI is InChI=1S/C30H26N6O2.C29H24N6O3S.C28H21FN6O/c1-18(34-29-25(31-4)17-33-20(3)35-29)26-14-21-10-9-13-24(22-15-27(38-5)19(2)32-16-22)28(21)30(37)36(26)23-11-7-6-8-12-23;1-18(33-28-25(31-3)17-32-19(2)34-28)26-16-21-10-8-14-24(20-9-7-13-23(15-20)39(30,37)38)27(21)29(36)35(26)22-11-5-4-6-12-22;1-17(33-27-24(30-3)16-32-18(2)34-27)25-13-19-8-7-11-23(20-12-21(29)15-31-14-20)26(19)28(36)35(25)22-9-5-4-6-10-22/h6-18H,1-3,5H3,(H,33,34,35);4-18H,1-2H3,(H2,30,37,38)(H,32,33,34);4-17H,1-2H3,(H,32,33,34)/t2*18-;17-/m000/s1. The molecule has 15 rings (SSSR count). The molecule has 0 bridgehead atoms. The van der Waals surface area contributed by atoms with Crippen molar-refractivity contribution in [2.24, 2.45) is 5.14 Å². The molecule has 0 aliphatic heterocycles. The van der Waals surface area contributed by atoms with Crippen LogP contribution in [0.15, 0.2) is 257 Å². The van der Waals surface area contributed by atoms with Crippen molar-refractivity contribution in [2.45, 2.75) is 71.5 Å². The van der Waals surface area contributed by atoms with Crippen molar-refractivity contribution in [3.63, 3.8) is 0 Å². The summed E-state index contributed by atoms with van der Waals surface area (Å²) in [6.45, 7) is 35.4. The van der Waals surface area contributed by atoms with Crippen LogP contribution in [0.4, 0.5) is 38.9 Å². The molecule has 0 unspecified atom stereocenters. The zero-order chi connectivity index (χ0) is 79.8. The highest BCUT2D eigenvalue weighted by molar-refractivity contribution is 7.89. The summed E-state index contributed by atoms with van der Waals surface area (Å²) in [6.07, 6.45) is 8.90. The quantitative estimate of drug-likeness (QED) is 0.0616. The number of hydrogen-bond donors (Lipinski definition) is 4. The molecule has 113 heavy (non-hydrogen) atoms. The van der Waals surface area contributed by atoms with E-state index in [1.165, 1.54) is 36.8 Å². The number of ether oxygens (including phenoxy) is 1. The summed E-state index contributed by atoms with van der Waals surface area (Å²) in [4.78, 5) is 87.2. The van der Waals surface area contributed by atoms with Crippen LogP contribution >= 0.6 is 0 Å². The third-order valence-electron chi connectivity index (χ3n) is 18.8. The van der Waals surface area contributed by atoms with Gasteiger partial charge in [0.25, 0.3) is 16.7 Å². The maximum Gasteiger partial charge on any atom is 0.263 e. The van der Waals surface area contributed by atoms with E-state index in [9.17, 15) is 27.2 Å². The molecule has 15 aromatic rings. The normalized spacial score (nSPS) is 11.8. The number of methoxy groups -OCH3 is 1. The third kappa shape index (κ3) is 16.2. The number of aryl methyl sites for hydroxylation is 4. The fraction of sp³-hybridized carbons (Fsp3) is 0.126. The van der Waals surface area contributed by atoms with Crippen LogP contribution in [0.5, 0.6) is 5.75 Å². The van der Waals surface area contributed by atoms with E-state index in [0.29, 0.717) is 124 Å². The lowest BCUT2D eigenvalue weighted by molar-refractivity contribution is 0.409. The van der Waals surface area contributed by atoms with E-state index in [1.807, 2.05) is 185 Å². The van der Waals surface area contributed by atoms with E-state index >= 15 is 0 Å². The Morgan fingerprint density at radius 3 is 1.15 bits per heavy atom. The molecular formula is C87H71FN18O6S. The predicted octanol–water partition coefficient (Wildman–Crippen LogP) is 17.3. The average Bonchev–Trinajstić information content (AvgIpc) is 0.759. The predicted molar refractivity (Wildman–Crippen MR) is 438 cm³/mol. The summed E-state index contributed by atoms with van der Waals surface area (Å²) >= 11 is 0. The van der Waals surface area contributed by atoms with E-state index in [1.54, 1.807) is 78.2 Å². The summed E-state index contributed by atoms with van der Waals surface area (Å²) in [5.41, 5.74) is 8.98. The van der Waals surface area contributed by atoms with E-state index in [4.69, 9.17) is 29.6 Å². The fourth-order valence-electron chi connectivity index (χ4n) is 13.4. The van der Waals surface area contributed by atoms with Gasteiger partial charge in [0.05, 0.1) is 77.9 Å². The average molecular weight is 1520 g/mol. The minimum atomic E-state index is -3.93. The van der Waals surface area contributed by atoms with Crippen LogP contribution in [0.25, 0.3) is 97.3 Å². The van der Waals surface area contributed by atoms with Gasteiger partial charge in [-0.3, -0.25) is 53.0 Å². The molecule has 0 aliphatic carbocycles. The monoisotopic (exact) mass is 1510 g/mol. The second-order valence-corrected chi connectivity index (χ2v) is 27.9. The number of primary sulfonamides is 1. The molecule has 0 fully saturated rings. The third-order valence-corrected chi connectivity index (χ3v) is 19.7. The van der Waals surface area contributed by atoms with Crippen molar-refractivity contribution < 1.29 is 17.5 Å². The molecule has 0 spiro atoms. The Morgan fingerprint density at radius 1 is 0.434 bits per heavy atom. The number of sulfonamides is 1. The summed E-state index contributed by atoms with van der Waals surface area (Å²) in [6, 6.07) is 59.0. The van der Waals surface area contributed by atoms with Crippen molar-refractivity contribution >= 4 is 76.9 Å². The Hall–Kier alpha value is -14.8. The van der Waals surface area contributed by atoms with Gasteiger partial charge in [0, 0.05) is 76.3 Å². The number of fused-ring (bicyclic) bond motifs is 3. The van der Waals surface area contributed by atoms with Crippen LogP contribution in [-0.4, -0.2) is 69.1 Å². The van der Waals surface area contributed by atoms with Crippen molar-refractivity contribution in [2.75, 3.05) is 23.1 Å². The van der Waals surface area contributed by atoms with E-state index in [2.05, 4.69) is 70.4 Å². The number of nitrogens with zero attached hydrogens (tertiary/aromatic N) is 14. The lowest BCUT2D eigenvalue weighted by atomic mass is 9.98. The lowest BCUT2D eigenvalue weighted by Crippen LogP contribution is -2.26. The zero-order valence-electron chi connectivity index (χ0n) is 62.3. The number of halogens is 1. The number of hydrogen-bond acceptors (Lipinski definition) is 17. The molecule has 0 radical (unpaired) electrons. The topological polar surface area (TPSA) is 288 Å². The minimum Gasteiger partial charge on any atom is -0.495 e. The van der Waals surface area contributed by atoms with Gasteiger partial charge in [-0.2, -0.15) is 0 Å². The van der Waals surface area contributed by atoms with Gasteiger partial charge in [-0.05, 0) is 166 Å².